The van der Waals surface area contributed by atoms with Gasteiger partial charge in [-0.15, -0.1) is 0 Å². The number of hydrogen-bond donors (Lipinski definition) is 0. The summed E-state index contributed by atoms with van der Waals surface area (Å²) in [6.45, 7) is 19.6. The van der Waals surface area contributed by atoms with Crippen LogP contribution in [0.5, 0.6) is 0 Å². The molecule has 1 aliphatic heterocycles. The minimum absolute atomic E-state index is 0.0316. The zero-order valence-electron chi connectivity index (χ0n) is 20.9. The second-order valence-corrected chi connectivity index (χ2v) is 13.4. The molecule has 0 aromatic rings. The summed E-state index contributed by atoms with van der Waals surface area (Å²) < 4.78 is 0. The minimum atomic E-state index is -0.0599. The molecular formula is C26H46N2O2. The topological polar surface area (TPSA) is 40.6 Å². The first-order valence-electron chi connectivity index (χ1n) is 12.3. The number of nitrogens with zero attached hydrogens (tertiary/aromatic N) is 2. The molecule has 1 heterocycles. The molecule has 2 saturated carbocycles. The molecule has 3 aliphatic rings. The van der Waals surface area contributed by atoms with E-state index in [9.17, 15) is 9.59 Å². The molecule has 3 rings (SSSR count). The highest BCUT2D eigenvalue weighted by atomic mass is 16.2. The van der Waals surface area contributed by atoms with Crippen molar-refractivity contribution in [2.24, 2.45) is 33.5 Å². The van der Waals surface area contributed by atoms with E-state index in [1.807, 2.05) is 0 Å². The van der Waals surface area contributed by atoms with Crippen LogP contribution in [0.1, 0.15) is 107 Å². The van der Waals surface area contributed by atoms with Gasteiger partial charge in [-0.05, 0) is 72.0 Å². The van der Waals surface area contributed by atoms with E-state index in [0.29, 0.717) is 24.9 Å². The van der Waals surface area contributed by atoms with E-state index >= 15 is 0 Å². The number of amides is 4. The van der Waals surface area contributed by atoms with Crippen LogP contribution in [-0.4, -0.2) is 35.0 Å². The summed E-state index contributed by atoms with van der Waals surface area (Å²) >= 11 is 0. The Hall–Kier alpha value is -1.06. The Kier molecular flexibility index (Phi) is 6.15. The molecule has 0 bridgehead atoms. The van der Waals surface area contributed by atoms with Crippen molar-refractivity contribution < 1.29 is 9.59 Å². The van der Waals surface area contributed by atoms with Gasteiger partial charge in [0.15, 0.2) is 0 Å². The molecule has 0 N–H and O–H groups in total. The number of carbonyl (C=O) groups excluding carboxylic acids is 2. The van der Waals surface area contributed by atoms with Crippen molar-refractivity contribution in [2.45, 2.75) is 107 Å². The largest absolute Gasteiger partial charge is 0.336 e. The van der Waals surface area contributed by atoms with E-state index in [4.69, 9.17) is 0 Å². The predicted octanol–water partition coefficient (Wildman–Crippen LogP) is 7.33. The van der Waals surface area contributed by atoms with E-state index in [1.54, 1.807) is 9.80 Å². The second kappa shape index (κ2) is 7.81. The summed E-state index contributed by atoms with van der Waals surface area (Å²) in [7, 11) is 0. The molecule has 0 spiro atoms. The van der Waals surface area contributed by atoms with E-state index in [-0.39, 0.29) is 33.7 Å². The molecule has 1 saturated heterocycles. The van der Waals surface area contributed by atoms with Gasteiger partial charge in [0.2, 0.25) is 0 Å². The molecule has 4 unspecified atom stereocenters. The Morgan fingerprint density at radius 1 is 0.667 bits per heavy atom. The van der Waals surface area contributed by atoms with Gasteiger partial charge in [-0.2, -0.15) is 0 Å². The van der Waals surface area contributed by atoms with Gasteiger partial charge in [0, 0.05) is 13.1 Å². The quantitative estimate of drug-likeness (QED) is 0.453. The van der Waals surface area contributed by atoms with Crippen LogP contribution < -0.4 is 0 Å². The summed E-state index contributed by atoms with van der Waals surface area (Å²) in [6.07, 6.45) is 9.26. The van der Waals surface area contributed by atoms with Crippen LogP contribution in [0.4, 0.5) is 9.59 Å². The summed E-state index contributed by atoms with van der Waals surface area (Å²) in [5.41, 5.74) is 0.620. The third-order valence-corrected chi connectivity index (χ3v) is 8.21. The van der Waals surface area contributed by atoms with Gasteiger partial charge < -0.3 is 0 Å². The average Bonchev–Trinajstić information content (AvgIpc) is 2.60. The van der Waals surface area contributed by atoms with Crippen molar-refractivity contribution in [3.63, 3.8) is 0 Å². The Labute approximate surface area is 185 Å². The molecule has 4 nitrogen and oxygen atoms in total. The van der Waals surface area contributed by atoms with Crippen LogP contribution in [0.15, 0.2) is 0 Å². The zero-order valence-corrected chi connectivity index (χ0v) is 20.9. The smallest absolute Gasteiger partial charge is 0.247 e. The lowest BCUT2D eigenvalue weighted by Gasteiger charge is -2.53. The molecule has 30 heavy (non-hydrogen) atoms. The molecular weight excluding hydrogens is 372 g/mol. The van der Waals surface area contributed by atoms with Crippen molar-refractivity contribution in [1.82, 2.24) is 9.80 Å². The zero-order chi connectivity index (χ0) is 22.5. The van der Waals surface area contributed by atoms with Gasteiger partial charge in [0.25, 0.3) is 0 Å². The van der Waals surface area contributed by atoms with Gasteiger partial charge in [-0.1, -0.05) is 68.2 Å². The minimum Gasteiger partial charge on any atom is -0.247 e. The Morgan fingerprint density at radius 2 is 1.00 bits per heavy atom. The lowest BCUT2D eigenvalue weighted by atomic mass is 9.59. The van der Waals surface area contributed by atoms with Crippen molar-refractivity contribution in [1.29, 1.82) is 0 Å². The highest BCUT2D eigenvalue weighted by molar-refractivity contribution is 6.11. The molecule has 4 amide bonds. The van der Waals surface area contributed by atoms with E-state index in [0.717, 1.165) is 25.7 Å². The molecule has 0 radical (unpaired) electrons. The van der Waals surface area contributed by atoms with Crippen molar-refractivity contribution in [2.75, 3.05) is 13.1 Å². The maximum absolute atomic E-state index is 13.1. The van der Waals surface area contributed by atoms with Crippen LogP contribution in [-0.2, 0) is 0 Å². The SMILES string of the molecule is CCC1CC(C)(C)CC(C)(CN2C(=O)N(CC3(C)CC(CC)CC(C)(C)C3)C2=O)C1. The molecule has 172 valence electrons. The lowest BCUT2D eigenvalue weighted by molar-refractivity contribution is -0.000365. The second-order valence-electron chi connectivity index (χ2n) is 13.4. The van der Waals surface area contributed by atoms with Gasteiger partial charge in [0.05, 0.1) is 0 Å². The molecule has 3 fully saturated rings. The Morgan fingerprint density at radius 3 is 1.30 bits per heavy atom. The first kappa shape index (κ1) is 23.6. The standard InChI is InChI=1S/C26H46N2O2/c1-9-19-11-23(3,4)15-25(7,13-19)17-27-21(29)28(22(27)30)18-26(8)14-20(10-2)12-24(5,6)16-26/h19-20H,9-18H2,1-8H3. The highest BCUT2D eigenvalue weighted by Crippen LogP contribution is 2.52. The number of carbonyl (C=O) groups is 2. The fourth-order valence-corrected chi connectivity index (χ4v) is 7.96. The van der Waals surface area contributed by atoms with Crippen LogP contribution in [0.3, 0.4) is 0 Å². The van der Waals surface area contributed by atoms with Crippen LogP contribution in [0.2, 0.25) is 0 Å². The fraction of sp³-hybridized carbons (Fsp3) is 0.923. The summed E-state index contributed by atoms with van der Waals surface area (Å²) in [6, 6.07) is -0.120. The Bertz CT molecular complexity index is 615. The molecule has 2 aliphatic carbocycles. The van der Waals surface area contributed by atoms with E-state index in [1.165, 1.54) is 25.7 Å². The van der Waals surface area contributed by atoms with Gasteiger partial charge >= 0.3 is 12.1 Å². The van der Waals surface area contributed by atoms with E-state index < -0.39 is 0 Å². The molecule has 4 heteroatoms. The third kappa shape index (κ3) is 4.88. The Balaban J connectivity index is 1.66. The average molecular weight is 419 g/mol. The first-order chi connectivity index (χ1) is 13.7. The van der Waals surface area contributed by atoms with Gasteiger partial charge in [-0.3, -0.25) is 0 Å². The number of hydrogen-bond acceptors (Lipinski definition) is 2. The van der Waals surface area contributed by atoms with Crippen molar-refractivity contribution >= 4 is 12.1 Å². The molecule has 0 aromatic heterocycles. The number of urea groups is 2. The van der Waals surface area contributed by atoms with E-state index in [2.05, 4.69) is 55.4 Å². The normalized spacial score (nSPS) is 38.5. The number of rotatable bonds is 6. The summed E-state index contributed by atoms with van der Waals surface area (Å²) in [5, 5.41) is 0. The lowest BCUT2D eigenvalue weighted by Crippen LogP contribution is -2.68. The molecule has 0 aromatic carbocycles. The summed E-state index contributed by atoms with van der Waals surface area (Å²) in [5.74, 6) is 1.38. The van der Waals surface area contributed by atoms with Gasteiger partial charge in [-0.25, -0.2) is 19.4 Å². The maximum atomic E-state index is 13.1. The molecule has 4 atom stereocenters. The monoisotopic (exact) mass is 418 g/mol. The van der Waals surface area contributed by atoms with Crippen LogP contribution >= 0.6 is 0 Å². The predicted molar refractivity (Wildman–Crippen MR) is 123 cm³/mol. The third-order valence-electron chi connectivity index (χ3n) is 8.21. The van der Waals surface area contributed by atoms with Crippen LogP contribution in [0, 0.1) is 33.5 Å². The van der Waals surface area contributed by atoms with Crippen molar-refractivity contribution in [3.05, 3.63) is 0 Å². The maximum Gasteiger partial charge on any atom is 0.336 e. The van der Waals surface area contributed by atoms with Crippen LogP contribution in [0.25, 0.3) is 0 Å². The summed E-state index contributed by atoms with van der Waals surface area (Å²) in [4.78, 5) is 29.2. The van der Waals surface area contributed by atoms with Gasteiger partial charge in [0.1, 0.15) is 0 Å². The number of imide groups is 2. The highest BCUT2D eigenvalue weighted by Gasteiger charge is 2.52. The van der Waals surface area contributed by atoms with Crippen molar-refractivity contribution in [3.8, 4) is 0 Å². The first-order valence-corrected chi connectivity index (χ1v) is 12.3. The fourth-order valence-electron chi connectivity index (χ4n) is 7.96.